The summed E-state index contributed by atoms with van der Waals surface area (Å²) < 4.78 is 5.38. The van der Waals surface area contributed by atoms with Crippen LogP contribution in [0.15, 0.2) is 30.3 Å². The van der Waals surface area contributed by atoms with Crippen LogP contribution in [0.25, 0.3) is 0 Å². The molecule has 0 aliphatic heterocycles. The minimum atomic E-state index is -0.578. The number of nitrogens with one attached hydrogen (secondary N) is 1. The molecule has 0 fully saturated rings. The van der Waals surface area contributed by atoms with Gasteiger partial charge in [0.05, 0.1) is 6.10 Å². The van der Waals surface area contributed by atoms with Gasteiger partial charge in [-0.3, -0.25) is 9.59 Å². The third kappa shape index (κ3) is 5.95. The molecular weight excluding hydrogens is 268 g/mol. The number of benzene rings is 1. The number of carbonyl (C=O) groups excluding carboxylic acids is 2. The number of nitrogens with zero attached hydrogens (tertiary/aromatic N) is 1. The van der Waals surface area contributed by atoms with E-state index in [1.807, 2.05) is 51.1 Å². The zero-order valence-corrected chi connectivity index (χ0v) is 13.0. The van der Waals surface area contributed by atoms with Crippen molar-refractivity contribution >= 4 is 17.5 Å². The second kappa shape index (κ2) is 9.13. The first-order valence-electron chi connectivity index (χ1n) is 7.32. The highest BCUT2D eigenvalue weighted by molar-refractivity contribution is 6.40. The maximum Gasteiger partial charge on any atom is 0.316 e. The number of ether oxygens (including phenoxy) is 1. The summed E-state index contributed by atoms with van der Waals surface area (Å²) in [6.07, 6.45) is 0.866. The second-order valence-corrected chi connectivity index (χ2v) is 4.91. The smallest absolute Gasteiger partial charge is 0.316 e. The van der Waals surface area contributed by atoms with E-state index in [2.05, 4.69) is 5.32 Å². The minimum Gasteiger partial charge on any atom is -0.379 e. The molecule has 1 aromatic rings. The van der Waals surface area contributed by atoms with Crippen molar-refractivity contribution in [3.8, 4) is 0 Å². The molecule has 1 N–H and O–H groups in total. The van der Waals surface area contributed by atoms with Crippen molar-refractivity contribution in [2.24, 2.45) is 0 Å². The lowest BCUT2D eigenvalue weighted by Crippen LogP contribution is -2.43. The molecule has 0 atom stereocenters. The molecule has 0 aliphatic rings. The van der Waals surface area contributed by atoms with Crippen molar-refractivity contribution < 1.29 is 14.3 Å². The summed E-state index contributed by atoms with van der Waals surface area (Å²) in [4.78, 5) is 25.5. The number of likely N-dealkylation sites (N-methyl/N-ethyl adjacent to an activating group) is 1. The number of amides is 2. The van der Waals surface area contributed by atoms with Crippen LogP contribution in [0.5, 0.6) is 0 Å². The van der Waals surface area contributed by atoms with E-state index in [0.29, 0.717) is 26.1 Å². The van der Waals surface area contributed by atoms with Gasteiger partial charge in [-0.05, 0) is 39.3 Å². The molecule has 0 spiro atoms. The molecule has 1 rings (SSSR count). The monoisotopic (exact) mass is 292 g/mol. The van der Waals surface area contributed by atoms with Crippen LogP contribution in [0.3, 0.4) is 0 Å². The van der Waals surface area contributed by atoms with Gasteiger partial charge in [-0.15, -0.1) is 0 Å². The Morgan fingerprint density at radius 1 is 1.24 bits per heavy atom. The average Bonchev–Trinajstić information content (AvgIpc) is 2.48. The van der Waals surface area contributed by atoms with Crippen LogP contribution in [-0.4, -0.2) is 37.6 Å². The molecule has 0 bridgehead atoms. The van der Waals surface area contributed by atoms with Gasteiger partial charge in [0, 0.05) is 25.4 Å². The van der Waals surface area contributed by atoms with Gasteiger partial charge in [0.2, 0.25) is 0 Å². The summed E-state index contributed by atoms with van der Waals surface area (Å²) in [6, 6.07) is 9.17. The van der Waals surface area contributed by atoms with E-state index >= 15 is 0 Å². The SMILES string of the molecule is CCN(C(=O)C(=O)NCCCOC(C)C)c1ccccc1. The van der Waals surface area contributed by atoms with E-state index in [0.717, 1.165) is 5.69 Å². The number of hydrogen-bond donors (Lipinski definition) is 1. The van der Waals surface area contributed by atoms with Crippen LogP contribution >= 0.6 is 0 Å². The highest BCUT2D eigenvalue weighted by Gasteiger charge is 2.21. The van der Waals surface area contributed by atoms with Crippen LogP contribution in [-0.2, 0) is 14.3 Å². The Kier molecular flexibility index (Phi) is 7.46. The predicted molar refractivity (Wildman–Crippen MR) is 83.2 cm³/mol. The summed E-state index contributed by atoms with van der Waals surface area (Å²) in [5.41, 5.74) is 0.725. The standard InChI is InChI=1S/C16H24N2O3/c1-4-18(14-9-6-5-7-10-14)16(20)15(19)17-11-8-12-21-13(2)3/h5-7,9-10,13H,4,8,11-12H2,1-3H3,(H,17,19). The van der Waals surface area contributed by atoms with Crippen molar-refractivity contribution in [3.05, 3.63) is 30.3 Å². The molecule has 116 valence electrons. The minimum absolute atomic E-state index is 0.177. The van der Waals surface area contributed by atoms with E-state index in [9.17, 15) is 9.59 Å². The van der Waals surface area contributed by atoms with E-state index < -0.39 is 11.8 Å². The van der Waals surface area contributed by atoms with Gasteiger partial charge in [-0.1, -0.05) is 18.2 Å². The van der Waals surface area contributed by atoms with Gasteiger partial charge >= 0.3 is 11.8 Å². The number of carbonyl (C=O) groups is 2. The van der Waals surface area contributed by atoms with Crippen molar-refractivity contribution in [1.82, 2.24) is 5.32 Å². The van der Waals surface area contributed by atoms with Crippen molar-refractivity contribution in [3.63, 3.8) is 0 Å². The van der Waals surface area contributed by atoms with Crippen molar-refractivity contribution in [2.45, 2.75) is 33.3 Å². The third-order valence-corrected chi connectivity index (χ3v) is 2.88. The topological polar surface area (TPSA) is 58.6 Å². The molecule has 1 aromatic carbocycles. The third-order valence-electron chi connectivity index (χ3n) is 2.88. The van der Waals surface area contributed by atoms with E-state index in [1.54, 1.807) is 0 Å². The molecule has 0 saturated carbocycles. The first-order chi connectivity index (χ1) is 10.1. The Balaban J connectivity index is 2.44. The van der Waals surface area contributed by atoms with Crippen molar-refractivity contribution in [1.29, 1.82) is 0 Å². The Labute approximate surface area is 126 Å². The van der Waals surface area contributed by atoms with Crippen LogP contribution in [0, 0.1) is 0 Å². The Hall–Kier alpha value is -1.88. The molecule has 0 aromatic heterocycles. The average molecular weight is 292 g/mol. The molecule has 0 aliphatic carbocycles. The van der Waals surface area contributed by atoms with Crippen LogP contribution < -0.4 is 10.2 Å². The fourth-order valence-corrected chi connectivity index (χ4v) is 1.84. The van der Waals surface area contributed by atoms with Gasteiger partial charge in [0.1, 0.15) is 0 Å². The molecule has 0 saturated heterocycles. The Bertz CT molecular complexity index is 446. The van der Waals surface area contributed by atoms with E-state index in [-0.39, 0.29) is 6.10 Å². The summed E-state index contributed by atoms with van der Waals surface area (Å²) in [6.45, 7) is 7.22. The van der Waals surface area contributed by atoms with Gasteiger partial charge in [0.15, 0.2) is 0 Å². The number of anilines is 1. The van der Waals surface area contributed by atoms with Crippen molar-refractivity contribution in [2.75, 3.05) is 24.6 Å². The molecule has 2 amide bonds. The largest absolute Gasteiger partial charge is 0.379 e. The maximum absolute atomic E-state index is 12.1. The van der Waals surface area contributed by atoms with Crippen LogP contribution in [0.4, 0.5) is 5.69 Å². The van der Waals surface area contributed by atoms with E-state index in [1.165, 1.54) is 4.90 Å². The quantitative estimate of drug-likeness (QED) is 0.617. The zero-order chi connectivity index (χ0) is 15.7. The van der Waals surface area contributed by atoms with Gasteiger partial charge in [0.25, 0.3) is 0 Å². The zero-order valence-electron chi connectivity index (χ0n) is 13.0. The number of para-hydroxylation sites is 1. The second-order valence-electron chi connectivity index (χ2n) is 4.91. The molecular formula is C16H24N2O3. The van der Waals surface area contributed by atoms with Gasteiger partial charge < -0.3 is 15.0 Å². The lowest BCUT2D eigenvalue weighted by molar-refractivity contribution is -0.137. The normalized spacial score (nSPS) is 10.5. The van der Waals surface area contributed by atoms with E-state index in [4.69, 9.17) is 4.74 Å². The van der Waals surface area contributed by atoms with Gasteiger partial charge in [-0.2, -0.15) is 0 Å². The van der Waals surface area contributed by atoms with Crippen LogP contribution in [0.2, 0.25) is 0 Å². The summed E-state index contributed by atoms with van der Waals surface area (Å²) in [7, 11) is 0. The Morgan fingerprint density at radius 2 is 1.90 bits per heavy atom. The highest BCUT2D eigenvalue weighted by atomic mass is 16.5. The van der Waals surface area contributed by atoms with Gasteiger partial charge in [-0.25, -0.2) is 0 Å². The lowest BCUT2D eigenvalue weighted by Gasteiger charge is -2.20. The predicted octanol–water partition coefficient (Wildman–Crippen LogP) is 1.97. The highest BCUT2D eigenvalue weighted by Crippen LogP contribution is 2.12. The Morgan fingerprint density at radius 3 is 2.48 bits per heavy atom. The molecule has 5 heteroatoms. The fraction of sp³-hybridized carbons (Fsp3) is 0.500. The molecule has 5 nitrogen and oxygen atoms in total. The molecule has 0 radical (unpaired) electrons. The molecule has 21 heavy (non-hydrogen) atoms. The summed E-state index contributed by atoms with van der Waals surface area (Å²) >= 11 is 0. The first kappa shape index (κ1) is 17.2. The summed E-state index contributed by atoms with van der Waals surface area (Å²) in [5, 5.41) is 2.63. The number of hydrogen-bond acceptors (Lipinski definition) is 3. The molecule has 0 unspecified atom stereocenters. The van der Waals surface area contributed by atoms with Crippen LogP contribution in [0.1, 0.15) is 27.2 Å². The lowest BCUT2D eigenvalue weighted by atomic mass is 10.2. The maximum atomic E-state index is 12.1. The summed E-state index contributed by atoms with van der Waals surface area (Å²) in [5.74, 6) is -1.11. The molecule has 0 heterocycles. The first-order valence-corrected chi connectivity index (χ1v) is 7.32. The fourth-order valence-electron chi connectivity index (χ4n) is 1.84. The number of rotatable bonds is 7.